The average Bonchev–Trinajstić information content (AvgIpc) is 2.32. The summed E-state index contributed by atoms with van der Waals surface area (Å²) in [5.41, 5.74) is 2.04. The number of hydrogen-bond acceptors (Lipinski definition) is 2. The van der Waals surface area contributed by atoms with Crippen molar-refractivity contribution in [1.29, 1.82) is 0 Å². The van der Waals surface area contributed by atoms with Gasteiger partial charge < -0.3 is 4.43 Å². The maximum Gasteiger partial charge on any atom is 0.250 e. The van der Waals surface area contributed by atoms with Crippen LogP contribution >= 0.6 is 22.6 Å². The van der Waals surface area contributed by atoms with Crippen LogP contribution < -0.4 is 4.43 Å². The number of rotatable bonds is 2. The van der Waals surface area contributed by atoms with Crippen molar-refractivity contribution in [1.82, 2.24) is 0 Å². The van der Waals surface area contributed by atoms with Crippen molar-refractivity contribution in [3.63, 3.8) is 0 Å². The molecule has 110 valence electrons. The number of benzene rings is 1. The van der Waals surface area contributed by atoms with E-state index in [9.17, 15) is 4.79 Å². The molecular weight excluding hydrogens is 379 g/mol. The highest BCUT2D eigenvalue weighted by atomic mass is 127. The first-order valence-corrected chi connectivity index (χ1v) is 11.3. The zero-order valence-corrected chi connectivity index (χ0v) is 16.1. The molecule has 0 aromatic heterocycles. The summed E-state index contributed by atoms with van der Waals surface area (Å²) in [6.45, 7) is 11.2. The van der Waals surface area contributed by atoms with Crippen molar-refractivity contribution in [3.05, 3.63) is 29.3 Å². The molecule has 2 nitrogen and oxygen atoms in total. The first-order valence-electron chi connectivity index (χ1n) is 7.12. The summed E-state index contributed by atoms with van der Waals surface area (Å²) in [5.74, 6) is 1.20. The molecule has 0 saturated carbocycles. The highest BCUT2D eigenvalue weighted by Crippen LogP contribution is 2.38. The standard InChI is InChI=1S/C16H23IO2Si/c1-16(2,3)20(4,5)19-12-7-8-13-11(10-12)6-9-14(17)15(13)18/h7-8,10,14H,6,9H2,1-5H3. The van der Waals surface area contributed by atoms with Crippen LogP contribution in [0, 0.1) is 0 Å². The summed E-state index contributed by atoms with van der Waals surface area (Å²) in [5, 5.41) is 0.187. The van der Waals surface area contributed by atoms with Crippen LogP contribution in [0.2, 0.25) is 18.1 Å². The van der Waals surface area contributed by atoms with Crippen molar-refractivity contribution >= 4 is 36.7 Å². The van der Waals surface area contributed by atoms with Crippen LogP contribution in [0.3, 0.4) is 0 Å². The molecule has 0 heterocycles. The molecule has 0 amide bonds. The van der Waals surface area contributed by atoms with Gasteiger partial charge in [-0.05, 0) is 54.7 Å². The second-order valence-corrected chi connectivity index (χ2v) is 13.3. The lowest BCUT2D eigenvalue weighted by molar-refractivity contribution is 0.0984. The zero-order chi connectivity index (χ0) is 15.1. The number of ketones is 1. The van der Waals surface area contributed by atoms with Crippen molar-refractivity contribution < 1.29 is 9.22 Å². The van der Waals surface area contributed by atoms with Gasteiger partial charge in [0.25, 0.3) is 0 Å². The first-order chi connectivity index (χ1) is 9.12. The van der Waals surface area contributed by atoms with Crippen molar-refractivity contribution in [2.24, 2.45) is 0 Å². The maximum atomic E-state index is 12.1. The van der Waals surface area contributed by atoms with Crippen LogP contribution in [-0.4, -0.2) is 18.0 Å². The third-order valence-corrected chi connectivity index (χ3v) is 10.0. The maximum absolute atomic E-state index is 12.1. The van der Waals surface area contributed by atoms with Gasteiger partial charge in [-0.2, -0.15) is 0 Å². The van der Waals surface area contributed by atoms with E-state index in [0.717, 1.165) is 29.7 Å². The number of aryl methyl sites for hydroxylation is 1. The van der Waals surface area contributed by atoms with Crippen LogP contribution in [0.25, 0.3) is 0 Å². The number of fused-ring (bicyclic) bond motifs is 1. The second kappa shape index (κ2) is 5.44. The summed E-state index contributed by atoms with van der Waals surface area (Å²) >= 11 is 2.25. The lowest BCUT2D eigenvalue weighted by Crippen LogP contribution is -2.43. The largest absolute Gasteiger partial charge is 0.543 e. The van der Waals surface area contributed by atoms with Gasteiger partial charge in [0, 0.05) is 5.56 Å². The minimum atomic E-state index is -1.81. The van der Waals surface area contributed by atoms with Crippen molar-refractivity contribution in [2.45, 2.75) is 55.7 Å². The summed E-state index contributed by atoms with van der Waals surface area (Å²) < 4.78 is 6.45. The Morgan fingerprint density at radius 2 is 1.95 bits per heavy atom. The van der Waals surface area contributed by atoms with Crippen LogP contribution in [0.4, 0.5) is 0 Å². The lowest BCUT2D eigenvalue weighted by atomic mass is 9.90. The van der Waals surface area contributed by atoms with Gasteiger partial charge in [0.2, 0.25) is 8.32 Å². The van der Waals surface area contributed by atoms with Crippen LogP contribution in [0.5, 0.6) is 5.75 Å². The lowest BCUT2D eigenvalue weighted by Gasteiger charge is -2.36. The molecule has 1 unspecified atom stereocenters. The normalized spacial score (nSPS) is 19.7. The molecule has 1 aromatic rings. The minimum absolute atomic E-state index is 0.132. The fourth-order valence-electron chi connectivity index (χ4n) is 2.11. The van der Waals surface area contributed by atoms with E-state index in [1.54, 1.807) is 0 Å². The van der Waals surface area contributed by atoms with Gasteiger partial charge in [0.15, 0.2) is 5.78 Å². The molecule has 0 spiro atoms. The Labute approximate surface area is 136 Å². The summed E-state index contributed by atoms with van der Waals surface area (Å²) in [6, 6.07) is 5.99. The van der Waals surface area contributed by atoms with E-state index >= 15 is 0 Å². The van der Waals surface area contributed by atoms with Crippen molar-refractivity contribution in [3.8, 4) is 5.75 Å². The number of alkyl halides is 1. The Morgan fingerprint density at radius 3 is 2.55 bits per heavy atom. The van der Waals surface area contributed by atoms with Gasteiger partial charge in [0.05, 0.1) is 3.92 Å². The summed E-state index contributed by atoms with van der Waals surface area (Å²) in [6.07, 6.45) is 1.92. The van der Waals surface area contributed by atoms with E-state index in [2.05, 4.69) is 62.5 Å². The molecule has 1 aromatic carbocycles. The van der Waals surface area contributed by atoms with E-state index in [1.165, 1.54) is 0 Å². The fourth-order valence-corrected chi connectivity index (χ4v) is 3.78. The molecular formula is C16H23IO2Si. The molecule has 0 fully saturated rings. The van der Waals surface area contributed by atoms with Gasteiger partial charge in [-0.15, -0.1) is 0 Å². The van der Waals surface area contributed by atoms with E-state index < -0.39 is 8.32 Å². The van der Waals surface area contributed by atoms with Gasteiger partial charge in [-0.3, -0.25) is 4.79 Å². The highest BCUT2D eigenvalue weighted by molar-refractivity contribution is 14.1. The third kappa shape index (κ3) is 3.11. The fraction of sp³-hybridized carbons (Fsp3) is 0.562. The van der Waals surface area contributed by atoms with Crippen LogP contribution in [0.1, 0.15) is 43.1 Å². The summed E-state index contributed by atoms with van der Waals surface area (Å²) in [4.78, 5) is 12.1. The Morgan fingerprint density at radius 1 is 1.30 bits per heavy atom. The SMILES string of the molecule is CC(C)(C)[Si](C)(C)Oc1ccc2c(c1)CCC(I)C2=O. The van der Waals surface area contributed by atoms with E-state index in [4.69, 9.17) is 4.43 Å². The van der Waals surface area contributed by atoms with Gasteiger partial charge in [-0.25, -0.2) is 0 Å². The predicted octanol–water partition coefficient (Wildman–Crippen LogP) is 5.00. The molecule has 1 aliphatic rings. The molecule has 0 N–H and O–H groups in total. The molecule has 4 heteroatoms. The monoisotopic (exact) mass is 402 g/mol. The van der Waals surface area contributed by atoms with Crippen LogP contribution in [0.15, 0.2) is 18.2 Å². The highest BCUT2D eigenvalue weighted by Gasteiger charge is 2.39. The third-order valence-electron chi connectivity index (χ3n) is 4.47. The molecule has 1 aliphatic carbocycles. The molecule has 2 rings (SSSR count). The summed E-state index contributed by atoms with van der Waals surface area (Å²) in [7, 11) is -1.81. The molecule has 20 heavy (non-hydrogen) atoms. The van der Waals surface area contributed by atoms with Gasteiger partial charge >= 0.3 is 0 Å². The second-order valence-electron chi connectivity index (χ2n) is 7.05. The number of Topliss-reactive ketones (excluding diaryl/α,β-unsaturated/α-hetero) is 1. The van der Waals surface area contributed by atoms with Crippen LogP contribution in [-0.2, 0) is 6.42 Å². The predicted molar refractivity (Wildman–Crippen MR) is 94.7 cm³/mol. The topological polar surface area (TPSA) is 26.3 Å². The number of carbonyl (C=O) groups excluding carboxylic acids is 1. The molecule has 0 radical (unpaired) electrons. The number of carbonyl (C=O) groups is 1. The van der Waals surface area contributed by atoms with Gasteiger partial charge in [-0.1, -0.05) is 43.4 Å². The molecule has 0 bridgehead atoms. The van der Waals surface area contributed by atoms with Gasteiger partial charge in [0.1, 0.15) is 5.75 Å². The minimum Gasteiger partial charge on any atom is -0.543 e. The Hall–Kier alpha value is -0.363. The zero-order valence-electron chi connectivity index (χ0n) is 12.9. The van der Waals surface area contributed by atoms with E-state index in [0.29, 0.717) is 0 Å². The Balaban J connectivity index is 2.27. The Kier molecular flexibility index (Phi) is 4.36. The van der Waals surface area contributed by atoms with E-state index in [1.807, 2.05) is 12.1 Å². The number of hydrogen-bond donors (Lipinski definition) is 0. The smallest absolute Gasteiger partial charge is 0.250 e. The average molecular weight is 402 g/mol. The van der Waals surface area contributed by atoms with Crippen molar-refractivity contribution in [2.75, 3.05) is 0 Å². The van der Waals surface area contributed by atoms with E-state index in [-0.39, 0.29) is 14.7 Å². The molecule has 0 saturated heterocycles. The Bertz CT molecular complexity index is 532. The first kappa shape index (κ1) is 16.0. The quantitative estimate of drug-likeness (QED) is 0.395. The number of halogens is 1. The molecule has 1 atom stereocenters. The molecule has 0 aliphatic heterocycles.